The van der Waals surface area contributed by atoms with Crippen LogP contribution in [0, 0.1) is 0 Å². The summed E-state index contributed by atoms with van der Waals surface area (Å²) in [7, 11) is 1.97. The number of benzene rings is 2. The van der Waals surface area contributed by atoms with Gasteiger partial charge in [0.2, 0.25) is 0 Å². The van der Waals surface area contributed by atoms with Gasteiger partial charge in [-0.2, -0.15) is 0 Å². The second-order valence-corrected chi connectivity index (χ2v) is 16.1. The van der Waals surface area contributed by atoms with Gasteiger partial charge in [0, 0.05) is 48.0 Å². The standard InChI is InChI=1S/C41H55N5O4S/c1-6-7-8-9-10-23-50-33-17-15-30(16-18-33)32-25-42-37(43-26-32)31-13-11-29(12-14-31)24-34(38(47)44-27-41(49)21-22-46(5)28-41)45-39(48)35-19-20-36(51-35)40(2,3)4/h11-20,25-26,34,38,44,47,49H,6-10,21-24,27-28H2,1-5H3,(H,45,48)/t34-,38?,41?/m0/s1. The number of rotatable bonds is 17. The van der Waals surface area contributed by atoms with Crippen molar-refractivity contribution in [1.82, 2.24) is 25.5 Å². The van der Waals surface area contributed by atoms with Crippen molar-refractivity contribution in [3.63, 3.8) is 0 Å². The van der Waals surface area contributed by atoms with Crippen molar-refractivity contribution < 1.29 is 19.7 Å². The van der Waals surface area contributed by atoms with Gasteiger partial charge in [-0.3, -0.25) is 10.1 Å². The lowest BCUT2D eigenvalue weighted by molar-refractivity contribution is 0.0196. The number of ether oxygens (including phenoxy) is 1. The SMILES string of the molecule is CCCCCCCOc1ccc(-c2cnc(-c3ccc(C[C@H](NC(=O)c4ccc(C(C)(C)C)s4)C(O)NCC4(O)CCN(C)C4)cc3)nc2)cc1. The fourth-order valence-electron chi connectivity index (χ4n) is 6.29. The van der Waals surface area contributed by atoms with E-state index in [0.717, 1.165) is 52.5 Å². The highest BCUT2D eigenvalue weighted by Crippen LogP contribution is 2.30. The van der Waals surface area contributed by atoms with E-state index in [0.29, 0.717) is 30.1 Å². The van der Waals surface area contributed by atoms with Crippen molar-refractivity contribution in [3.05, 3.63) is 88.4 Å². The predicted octanol–water partition coefficient (Wildman–Crippen LogP) is 6.83. The zero-order valence-electron chi connectivity index (χ0n) is 30.8. The Kier molecular flexibility index (Phi) is 13.4. The number of nitrogens with zero attached hydrogens (tertiary/aromatic N) is 3. The Morgan fingerprint density at radius 1 is 0.961 bits per heavy atom. The Hall–Kier alpha value is -3.67. The first-order valence-electron chi connectivity index (χ1n) is 18.3. The van der Waals surface area contributed by atoms with Crippen LogP contribution in [0.5, 0.6) is 5.75 Å². The molecule has 0 bridgehead atoms. The Morgan fingerprint density at radius 2 is 1.65 bits per heavy atom. The molecule has 51 heavy (non-hydrogen) atoms. The van der Waals surface area contributed by atoms with Crippen molar-refractivity contribution in [1.29, 1.82) is 0 Å². The molecule has 0 spiro atoms. The molecule has 0 aliphatic carbocycles. The average Bonchev–Trinajstić information content (AvgIpc) is 3.76. The molecule has 10 heteroatoms. The first-order chi connectivity index (χ1) is 24.4. The Balaban J connectivity index is 1.21. The van der Waals surface area contributed by atoms with Gasteiger partial charge in [-0.1, -0.05) is 89.8 Å². The monoisotopic (exact) mass is 713 g/mol. The minimum Gasteiger partial charge on any atom is -0.494 e. The molecule has 1 amide bonds. The lowest BCUT2D eigenvalue weighted by Gasteiger charge is -2.29. The van der Waals surface area contributed by atoms with Crippen LogP contribution in [-0.2, 0) is 11.8 Å². The lowest BCUT2D eigenvalue weighted by Crippen LogP contribution is -2.55. The van der Waals surface area contributed by atoms with Crippen molar-refractivity contribution in [2.75, 3.05) is 33.3 Å². The summed E-state index contributed by atoms with van der Waals surface area (Å²) in [6.07, 6.45) is 9.67. The molecular weight excluding hydrogens is 659 g/mol. The van der Waals surface area contributed by atoms with Crippen LogP contribution in [-0.4, -0.2) is 82.1 Å². The fourth-order valence-corrected chi connectivity index (χ4v) is 7.26. The minimum absolute atomic E-state index is 0.0624. The number of nitrogens with one attached hydrogen (secondary N) is 2. The average molecular weight is 714 g/mol. The number of carbonyl (C=O) groups excluding carboxylic acids is 1. The summed E-state index contributed by atoms with van der Waals surface area (Å²) in [5, 5.41) is 28.5. The van der Waals surface area contributed by atoms with Gasteiger partial charge < -0.3 is 25.2 Å². The number of aliphatic hydroxyl groups is 2. The van der Waals surface area contributed by atoms with E-state index in [1.54, 1.807) is 0 Å². The van der Waals surface area contributed by atoms with E-state index in [4.69, 9.17) is 4.74 Å². The first kappa shape index (κ1) is 38.6. The van der Waals surface area contributed by atoms with E-state index in [2.05, 4.69) is 53.2 Å². The third-order valence-electron chi connectivity index (χ3n) is 9.45. The molecule has 0 saturated carbocycles. The van der Waals surface area contributed by atoms with Crippen molar-refractivity contribution in [2.45, 2.75) is 95.9 Å². The molecule has 4 N–H and O–H groups in total. The Labute approximate surface area is 307 Å². The predicted molar refractivity (Wildman–Crippen MR) is 206 cm³/mol. The molecule has 1 aliphatic rings. The first-order valence-corrected chi connectivity index (χ1v) is 19.1. The van der Waals surface area contributed by atoms with Gasteiger partial charge in [-0.25, -0.2) is 9.97 Å². The van der Waals surface area contributed by atoms with Gasteiger partial charge in [0.05, 0.1) is 23.1 Å². The number of hydrogen-bond donors (Lipinski definition) is 4. The van der Waals surface area contributed by atoms with Crippen molar-refractivity contribution in [3.8, 4) is 28.3 Å². The number of aliphatic hydroxyl groups excluding tert-OH is 1. The number of aromatic nitrogens is 2. The Morgan fingerprint density at radius 3 is 2.27 bits per heavy atom. The van der Waals surface area contributed by atoms with Crippen molar-refractivity contribution >= 4 is 17.2 Å². The van der Waals surface area contributed by atoms with Crippen LogP contribution >= 0.6 is 11.3 Å². The normalized spacial score (nSPS) is 17.7. The summed E-state index contributed by atoms with van der Waals surface area (Å²) < 4.78 is 5.91. The third-order valence-corrected chi connectivity index (χ3v) is 11.0. The van der Waals surface area contributed by atoms with Gasteiger partial charge >= 0.3 is 0 Å². The maximum Gasteiger partial charge on any atom is 0.261 e. The molecule has 5 rings (SSSR count). The molecule has 0 radical (unpaired) electrons. The molecule has 9 nitrogen and oxygen atoms in total. The fraction of sp³-hybridized carbons (Fsp3) is 0.488. The smallest absolute Gasteiger partial charge is 0.261 e. The molecule has 2 unspecified atom stereocenters. The van der Waals surface area contributed by atoms with Crippen LogP contribution in [0.15, 0.2) is 73.1 Å². The molecule has 3 atom stereocenters. The molecule has 1 aliphatic heterocycles. The molecule has 4 aromatic rings. The number of hydrogen-bond acceptors (Lipinski definition) is 9. The molecule has 1 fully saturated rings. The summed E-state index contributed by atoms with van der Waals surface area (Å²) in [5.74, 6) is 1.25. The highest BCUT2D eigenvalue weighted by Gasteiger charge is 2.35. The minimum atomic E-state index is -1.07. The van der Waals surface area contributed by atoms with Crippen LogP contribution in [0.25, 0.3) is 22.5 Å². The summed E-state index contributed by atoms with van der Waals surface area (Å²) in [6, 6.07) is 19.1. The van der Waals surface area contributed by atoms with E-state index in [-0.39, 0.29) is 17.9 Å². The lowest BCUT2D eigenvalue weighted by atomic mass is 9.95. The van der Waals surface area contributed by atoms with Crippen LogP contribution in [0.2, 0.25) is 0 Å². The van der Waals surface area contributed by atoms with Gasteiger partial charge in [0.15, 0.2) is 5.82 Å². The van der Waals surface area contributed by atoms with Crippen LogP contribution < -0.4 is 15.4 Å². The molecule has 2 aromatic carbocycles. The number of unbranched alkanes of at least 4 members (excludes halogenated alkanes) is 4. The number of likely N-dealkylation sites (tertiary alicyclic amines) is 1. The second-order valence-electron chi connectivity index (χ2n) is 15.0. The van der Waals surface area contributed by atoms with Crippen LogP contribution in [0.1, 0.15) is 86.3 Å². The summed E-state index contributed by atoms with van der Waals surface area (Å²) in [4.78, 5) is 26.5. The van der Waals surface area contributed by atoms with Crippen molar-refractivity contribution in [2.24, 2.45) is 0 Å². The molecule has 1 saturated heterocycles. The van der Waals surface area contributed by atoms with Gasteiger partial charge in [-0.05, 0) is 67.1 Å². The molecule has 2 aromatic heterocycles. The maximum atomic E-state index is 13.4. The van der Waals surface area contributed by atoms with Crippen LogP contribution in [0.4, 0.5) is 0 Å². The van der Waals surface area contributed by atoms with E-state index in [9.17, 15) is 15.0 Å². The van der Waals surface area contributed by atoms with E-state index in [1.165, 1.54) is 37.0 Å². The van der Waals surface area contributed by atoms with E-state index < -0.39 is 17.9 Å². The highest BCUT2D eigenvalue weighted by molar-refractivity contribution is 7.14. The number of carbonyl (C=O) groups is 1. The number of thiophene rings is 1. The van der Waals surface area contributed by atoms with Gasteiger partial charge in [-0.15, -0.1) is 11.3 Å². The topological polar surface area (TPSA) is 120 Å². The van der Waals surface area contributed by atoms with E-state index in [1.807, 2.05) is 80.1 Å². The molecule has 274 valence electrons. The molecular formula is C41H55N5O4S. The number of likely N-dealkylation sites (N-methyl/N-ethyl adjacent to an activating group) is 1. The zero-order valence-corrected chi connectivity index (χ0v) is 31.6. The summed E-state index contributed by atoms with van der Waals surface area (Å²) >= 11 is 1.47. The van der Waals surface area contributed by atoms with E-state index >= 15 is 0 Å². The Bertz CT molecular complexity index is 1670. The van der Waals surface area contributed by atoms with Gasteiger partial charge in [0.25, 0.3) is 5.91 Å². The highest BCUT2D eigenvalue weighted by atomic mass is 32.1. The largest absolute Gasteiger partial charge is 0.494 e. The number of amides is 1. The maximum absolute atomic E-state index is 13.4. The zero-order chi connectivity index (χ0) is 36.4. The third kappa shape index (κ3) is 11.2. The quantitative estimate of drug-likeness (QED) is 0.0695. The second kappa shape index (κ2) is 17.7. The summed E-state index contributed by atoms with van der Waals surface area (Å²) in [5.41, 5.74) is 2.76. The number of β-amino-alcohol motifs (C(OH)–C–C–N with tert-alkyl or cyclic N) is 1. The summed E-state index contributed by atoms with van der Waals surface area (Å²) in [6.45, 7) is 10.9. The molecule has 3 heterocycles. The van der Waals surface area contributed by atoms with Crippen LogP contribution in [0.3, 0.4) is 0 Å². The van der Waals surface area contributed by atoms with Gasteiger partial charge in [0.1, 0.15) is 12.0 Å².